The summed E-state index contributed by atoms with van der Waals surface area (Å²) >= 11 is 6.15. The van der Waals surface area contributed by atoms with Gasteiger partial charge >= 0.3 is 5.97 Å². The predicted molar refractivity (Wildman–Crippen MR) is 144 cm³/mol. The Morgan fingerprint density at radius 2 is 1.89 bits per heavy atom. The van der Waals surface area contributed by atoms with Crippen LogP contribution in [0.3, 0.4) is 0 Å². The van der Waals surface area contributed by atoms with Crippen molar-refractivity contribution < 1.29 is 23.8 Å². The van der Waals surface area contributed by atoms with Crippen molar-refractivity contribution in [2.45, 2.75) is 57.8 Å². The summed E-state index contributed by atoms with van der Waals surface area (Å²) in [5.41, 5.74) is 4.25. The Hall–Kier alpha value is -3.15. The molecule has 6 heteroatoms. The molecule has 1 saturated heterocycles. The first-order chi connectivity index (χ1) is 17.7. The maximum absolute atomic E-state index is 14.7. The van der Waals surface area contributed by atoms with Crippen LogP contribution in [0.4, 0.5) is 4.39 Å². The summed E-state index contributed by atoms with van der Waals surface area (Å²) in [6.07, 6.45) is 0.489. The van der Waals surface area contributed by atoms with Crippen LogP contribution >= 0.6 is 11.6 Å². The monoisotopic (exact) mass is 522 g/mol. The van der Waals surface area contributed by atoms with Gasteiger partial charge in [-0.15, -0.1) is 0 Å². The Balaban J connectivity index is 1.68. The van der Waals surface area contributed by atoms with Crippen LogP contribution in [0.1, 0.15) is 61.0 Å². The van der Waals surface area contributed by atoms with Crippen LogP contribution in [0.15, 0.2) is 78.9 Å². The molecule has 1 N–H and O–H groups in total. The van der Waals surface area contributed by atoms with Crippen LogP contribution in [0.2, 0.25) is 5.02 Å². The molecule has 0 saturated carbocycles. The van der Waals surface area contributed by atoms with Gasteiger partial charge in [0.1, 0.15) is 18.2 Å². The first-order valence-corrected chi connectivity index (χ1v) is 12.9. The first kappa shape index (κ1) is 26.9. The Kier molecular flexibility index (Phi) is 8.67. The zero-order valence-electron chi connectivity index (χ0n) is 21.1. The maximum Gasteiger partial charge on any atom is 0.303 e. The van der Waals surface area contributed by atoms with Gasteiger partial charge in [0.2, 0.25) is 0 Å². The molecular weight excluding hydrogens is 491 g/mol. The van der Waals surface area contributed by atoms with E-state index in [1.807, 2.05) is 68.4 Å². The highest BCUT2D eigenvalue weighted by Crippen LogP contribution is 2.48. The second kappa shape index (κ2) is 11.9. The quantitative estimate of drug-likeness (QED) is 0.290. The molecule has 0 aliphatic carbocycles. The summed E-state index contributed by atoms with van der Waals surface area (Å²) in [5, 5.41) is 9.82. The molecule has 1 heterocycles. The molecule has 1 fully saturated rings. The van der Waals surface area contributed by atoms with E-state index in [9.17, 15) is 14.3 Å². The number of ether oxygens (including phenoxy) is 2. The van der Waals surface area contributed by atoms with E-state index in [0.717, 1.165) is 22.3 Å². The Morgan fingerprint density at radius 1 is 1.11 bits per heavy atom. The Bertz CT molecular complexity index is 1270. The highest BCUT2D eigenvalue weighted by Gasteiger charge is 2.40. The van der Waals surface area contributed by atoms with Crippen molar-refractivity contribution in [3.05, 3.63) is 112 Å². The van der Waals surface area contributed by atoms with Crippen molar-refractivity contribution in [2.75, 3.05) is 0 Å². The van der Waals surface area contributed by atoms with Gasteiger partial charge in [-0.3, -0.25) is 4.79 Å². The van der Waals surface area contributed by atoms with Gasteiger partial charge in [-0.1, -0.05) is 60.2 Å². The van der Waals surface area contributed by atoms with Crippen LogP contribution in [0.25, 0.3) is 0 Å². The highest BCUT2D eigenvalue weighted by molar-refractivity contribution is 6.30. The smallest absolute Gasteiger partial charge is 0.303 e. The van der Waals surface area contributed by atoms with Gasteiger partial charge in [-0.2, -0.15) is 0 Å². The molecule has 0 amide bonds. The summed E-state index contributed by atoms with van der Waals surface area (Å²) in [6.45, 7) is 8.50. The average Bonchev–Trinajstić information content (AvgIpc) is 2.86. The molecule has 4 atom stereocenters. The first-order valence-electron chi connectivity index (χ1n) is 12.5. The summed E-state index contributed by atoms with van der Waals surface area (Å²) in [7, 11) is 0. The lowest BCUT2D eigenvalue weighted by atomic mass is 9.75. The number of carboxylic acids is 1. The normalized spacial score (nSPS) is 21.4. The molecule has 0 bridgehead atoms. The molecule has 3 aromatic carbocycles. The number of benzene rings is 3. The molecule has 0 radical (unpaired) electrons. The number of aliphatic carboxylic acids is 1. The van der Waals surface area contributed by atoms with Gasteiger partial charge in [-0.25, -0.2) is 4.39 Å². The van der Waals surface area contributed by atoms with Gasteiger partial charge in [0, 0.05) is 28.8 Å². The number of halogens is 2. The molecule has 3 aromatic rings. The fraction of sp³-hybridized carbons (Fsp3) is 0.323. The van der Waals surface area contributed by atoms with Crippen LogP contribution in [-0.4, -0.2) is 17.2 Å². The van der Waals surface area contributed by atoms with E-state index in [4.69, 9.17) is 21.1 Å². The van der Waals surface area contributed by atoms with E-state index in [-0.39, 0.29) is 36.3 Å². The molecule has 194 valence electrons. The molecule has 0 unspecified atom stereocenters. The molecule has 37 heavy (non-hydrogen) atoms. The lowest BCUT2D eigenvalue weighted by molar-refractivity contribution is -0.136. The van der Waals surface area contributed by atoms with Crippen LogP contribution in [0, 0.1) is 11.7 Å². The number of rotatable bonds is 9. The summed E-state index contributed by atoms with van der Waals surface area (Å²) < 4.78 is 27.6. The highest BCUT2D eigenvalue weighted by atomic mass is 35.5. The second-order valence-corrected chi connectivity index (χ2v) is 10.2. The molecule has 1 aliphatic rings. The van der Waals surface area contributed by atoms with E-state index in [1.165, 1.54) is 6.07 Å². The van der Waals surface area contributed by atoms with Gasteiger partial charge in [0.15, 0.2) is 0 Å². The molecule has 0 aromatic heterocycles. The summed E-state index contributed by atoms with van der Waals surface area (Å²) in [4.78, 5) is 11.2. The van der Waals surface area contributed by atoms with E-state index in [0.29, 0.717) is 35.8 Å². The van der Waals surface area contributed by atoms with Crippen molar-refractivity contribution in [3.8, 4) is 5.75 Å². The second-order valence-electron chi connectivity index (χ2n) is 9.76. The SMILES string of the molecule is C=C(C)[C@H]1C[C@H](c2ccccc2F)[C@H](C)O[C@@H]1c1cc(CCC(=O)O)ccc1OCc1cccc(Cl)c1. The van der Waals surface area contributed by atoms with Gasteiger partial charge < -0.3 is 14.6 Å². The number of hydrogen-bond donors (Lipinski definition) is 1. The number of hydrogen-bond acceptors (Lipinski definition) is 3. The zero-order chi connectivity index (χ0) is 26.5. The third-order valence-corrected chi connectivity index (χ3v) is 7.27. The minimum Gasteiger partial charge on any atom is -0.489 e. The van der Waals surface area contributed by atoms with Crippen molar-refractivity contribution in [1.29, 1.82) is 0 Å². The third kappa shape index (κ3) is 6.60. The number of aryl methyl sites for hydroxylation is 1. The number of carbonyl (C=O) groups is 1. The van der Waals surface area contributed by atoms with Crippen molar-refractivity contribution in [1.82, 2.24) is 0 Å². The van der Waals surface area contributed by atoms with Gasteiger partial charge in [-0.05, 0) is 73.7 Å². The van der Waals surface area contributed by atoms with Gasteiger partial charge in [0.05, 0.1) is 12.2 Å². The van der Waals surface area contributed by atoms with Crippen LogP contribution in [0.5, 0.6) is 5.75 Å². The average molecular weight is 523 g/mol. The lowest BCUT2D eigenvalue weighted by Crippen LogP contribution is -2.35. The number of carboxylic acid groups (broad SMARTS) is 1. The largest absolute Gasteiger partial charge is 0.489 e. The van der Waals surface area contributed by atoms with E-state index in [1.54, 1.807) is 6.07 Å². The molecular formula is C31H32ClFO4. The summed E-state index contributed by atoms with van der Waals surface area (Å²) in [6, 6.07) is 20.1. The fourth-order valence-corrected chi connectivity index (χ4v) is 5.27. The van der Waals surface area contributed by atoms with E-state index >= 15 is 0 Å². The van der Waals surface area contributed by atoms with Crippen molar-refractivity contribution in [3.63, 3.8) is 0 Å². The maximum atomic E-state index is 14.7. The van der Waals surface area contributed by atoms with E-state index < -0.39 is 5.97 Å². The predicted octanol–water partition coefficient (Wildman–Crippen LogP) is 7.90. The molecule has 0 spiro atoms. The fourth-order valence-electron chi connectivity index (χ4n) is 5.06. The molecule has 4 rings (SSSR count). The third-order valence-electron chi connectivity index (χ3n) is 7.03. The van der Waals surface area contributed by atoms with Crippen molar-refractivity contribution in [2.24, 2.45) is 5.92 Å². The van der Waals surface area contributed by atoms with Crippen LogP contribution < -0.4 is 4.74 Å². The van der Waals surface area contributed by atoms with Crippen molar-refractivity contribution >= 4 is 17.6 Å². The Morgan fingerprint density at radius 3 is 2.59 bits per heavy atom. The summed E-state index contributed by atoms with van der Waals surface area (Å²) in [5.74, 6) is -0.623. The molecule has 1 aliphatic heterocycles. The van der Waals surface area contributed by atoms with Gasteiger partial charge in [0.25, 0.3) is 0 Å². The van der Waals surface area contributed by atoms with Crippen LogP contribution in [-0.2, 0) is 22.6 Å². The topological polar surface area (TPSA) is 55.8 Å². The van der Waals surface area contributed by atoms with E-state index in [2.05, 4.69) is 6.58 Å². The minimum atomic E-state index is -0.849. The molecule has 4 nitrogen and oxygen atoms in total. The zero-order valence-corrected chi connectivity index (χ0v) is 21.9. The minimum absolute atomic E-state index is 0.0311. The lowest BCUT2D eigenvalue weighted by Gasteiger charge is -2.42. The standard InChI is InChI=1S/C31H32ClFO4/c1-19(2)25-17-26(24-9-4-5-10-28(24)33)20(3)37-31(25)27-16-21(12-14-30(34)35)11-13-29(27)36-18-22-7-6-8-23(32)15-22/h4-11,13,15-16,20,25-26,31H,1,12,14,17-18H2,2-3H3,(H,34,35)/t20-,25+,26-,31-/m0/s1. The Labute approximate surface area is 222 Å².